The summed E-state index contributed by atoms with van der Waals surface area (Å²) in [4.78, 5) is 13.1. The highest BCUT2D eigenvalue weighted by molar-refractivity contribution is 7.92. The lowest BCUT2D eigenvalue weighted by atomic mass is 10.0. The first kappa shape index (κ1) is 25.1. The summed E-state index contributed by atoms with van der Waals surface area (Å²) in [7, 11) is -0.965. The highest BCUT2D eigenvalue weighted by Crippen LogP contribution is 2.30. The topological polar surface area (TPSA) is 84.9 Å². The van der Waals surface area contributed by atoms with Gasteiger partial charge in [-0.1, -0.05) is 43.7 Å². The Bertz CT molecular complexity index is 1240. The molecule has 1 amide bonds. The van der Waals surface area contributed by atoms with Gasteiger partial charge in [-0.25, -0.2) is 8.42 Å². The molecule has 3 rings (SSSR count). The fourth-order valence-corrected chi connectivity index (χ4v) is 4.84. The largest absolute Gasteiger partial charge is 0.493 e. The number of nitrogens with one attached hydrogen (secondary N) is 1. The molecule has 0 aliphatic carbocycles. The molecule has 34 heavy (non-hydrogen) atoms. The smallest absolute Gasteiger partial charge is 0.264 e. The maximum Gasteiger partial charge on any atom is 0.264 e. The summed E-state index contributed by atoms with van der Waals surface area (Å²) < 4.78 is 38.7. The Kier molecular flexibility index (Phi) is 7.83. The van der Waals surface area contributed by atoms with Crippen LogP contribution in [0.4, 0.5) is 11.4 Å². The van der Waals surface area contributed by atoms with Crippen molar-refractivity contribution in [2.75, 3.05) is 30.4 Å². The maximum atomic E-state index is 13.5. The molecule has 1 N–H and O–H groups in total. The van der Waals surface area contributed by atoms with Crippen molar-refractivity contribution >= 4 is 27.3 Å². The minimum absolute atomic E-state index is 0.116. The van der Waals surface area contributed by atoms with E-state index in [-0.39, 0.29) is 4.90 Å². The molecule has 0 bridgehead atoms. The van der Waals surface area contributed by atoms with Crippen molar-refractivity contribution in [1.29, 1.82) is 0 Å². The van der Waals surface area contributed by atoms with Gasteiger partial charge in [-0.05, 0) is 54.8 Å². The zero-order valence-corrected chi connectivity index (χ0v) is 20.8. The Morgan fingerprint density at radius 3 is 2.09 bits per heavy atom. The average molecular weight is 483 g/mol. The molecule has 180 valence electrons. The van der Waals surface area contributed by atoms with Gasteiger partial charge in [0.2, 0.25) is 5.91 Å². The molecule has 3 aromatic rings. The van der Waals surface area contributed by atoms with Gasteiger partial charge in [0.1, 0.15) is 6.54 Å². The van der Waals surface area contributed by atoms with Crippen LogP contribution in [0.25, 0.3) is 0 Å². The number of hydrogen-bond donors (Lipinski definition) is 1. The van der Waals surface area contributed by atoms with E-state index in [1.54, 1.807) is 54.6 Å². The minimum Gasteiger partial charge on any atom is -0.493 e. The van der Waals surface area contributed by atoms with Crippen LogP contribution in [0.2, 0.25) is 0 Å². The lowest BCUT2D eigenvalue weighted by Gasteiger charge is -2.24. The summed E-state index contributed by atoms with van der Waals surface area (Å²) >= 11 is 0. The zero-order chi connectivity index (χ0) is 24.9. The monoisotopic (exact) mass is 482 g/mol. The number of hydrogen-bond acceptors (Lipinski definition) is 5. The van der Waals surface area contributed by atoms with Crippen LogP contribution >= 0.6 is 0 Å². The summed E-state index contributed by atoms with van der Waals surface area (Å²) in [5.74, 6) is 0.781. The van der Waals surface area contributed by atoms with Gasteiger partial charge >= 0.3 is 0 Å². The zero-order valence-electron chi connectivity index (χ0n) is 20.0. The Balaban J connectivity index is 1.93. The molecular formula is C26H30N2O5S. The van der Waals surface area contributed by atoms with E-state index in [0.29, 0.717) is 28.8 Å². The van der Waals surface area contributed by atoms with Crippen molar-refractivity contribution in [3.63, 3.8) is 0 Å². The van der Waals surface area contributed by atoms with E-state index in [4.69, 9.17) is 9.47 Å². The molecule has 0 atom stereocenters. The highest BCUT2D eigenvalue weighted by Gasteiger charge is 2.27. The lowest BCUT2D eigenvalue weighted by molar-refractivity contribution is -0.114. The average Bonchev–Trinajstić information content (AvgIpc) is 2.82. The number of benzene rings is 3. The molecule has 0 saturated carbocycles. The van der Waals surface area contributed by atoms with Crippen molar-refractivity contribution in [3.8, 4) is 11.5 Å². The van der Waals surface area contributed by atoms with Gasteiger partial charge in [-0.15, -0.1) is 0 Å². The molecule has 7 nitrogen and oxygen atoms in total. The van der Waals surface area contributed by atoms with Crippen LogP contribution in [-0.4, -0.2) is 35.1 Å². The summed E-state index contributed by atoms with van der Waals surface area (Å²) in [5, 5.41) is 2.75. The third kappa shape index (κ3) is 5.69. The molecular weight excluding hydrogens is 452 g/mol. The van der Waals surface area contributed by atoms with E-state index in [0.717, 1.165) is 15.4 Å². The predicted molar refractivity (Wildman–Crippen MR) is 134 cm³/mol. The van der Waals surface area contributed by atoms with Gasteiger partial charge < -0.3 is 14.8 Å². The molecule has 8 heteroatoms. The number of nitrogens with zero attached hydrogens (tertiary/aromatic N) is 1. The second kappa shape index (κ2) is 10.6. The van der Waals surface area contributed by atoms with Gasteiger partial charge in [0.25, 0.3) is 10.0 Å². The Morgan fingerprint density at radius 2 is 1.53 bits per heavy atom. The fraction of sp³-hybridized carbons (Fsp3) is 0.269. The highest BCUT2D eigenvalue weighted by atomic mass is 32.2. The molecule has 0 fully saturated rings. The van der Waals surface area contributed by atoms with Gasteiger partial charge in [0, 0.05) is 11.8 Å². The van der Waals surface area contributed by atoms with E-state index in [9.17, 15) is 13.2 Å². The van der Waals surface area contributed by atoms with Gasteiger partial charge in [0.15, 0.2) is 11.5 Å². The second-order valence-electron chi connectivity index (χ2n) is 8.19. The molecule has 0 heterocycles. The number of sulfonamides is 1. The first-order chi connectivity index (χ1) is 16.1. The first-order valence-electron chi connectivity index (χ1n) is 10.9. The first-order valence-corrected chi connectivity index (χ1v) is 12.3. The van der Waals surface area contributed by atoms with Crippen molar-refractivity contribution < 1.29 is 22.7 Å². The van der Waals surface area contributed by atoms with Crippen molar-refractivity contribution in [3.05, 3.63) is 77.9 Å². The second-order valence-corrected chi connectivity index (χ2v) is 10.1. The van der Waals surface area contributed by atoms with Crippen molar-refractivity contribution in [2.24, 2.45) is 0 Å². The third-order valence-electron chi connectivity index (χ3n) is 5.41. The van der Waals surface area contributed by atoms with E-state index >= 15 is 0 Å². The lowest BCUT2D eigenvalue weighted by Crippen LogP contribution is -2.38. The standard InChI is InChI=1S/C26H30N2O5S/c1-18(2)20-8-11-22(12-9-20)28(34(30,31)23-13-6-19(3)7-14-23)17-26(29)27-21-10-15-24(32-4)25(16-21)33-5/h6-16,18H,17H2,1-5H3,(H,27,29). The molecule has 0 aliphatic heterocycles. The van der Waals surface area contributed by atoms with Crippen LogP contribution in [0.3, 0.4) is 0 Å². The number of aryl methyl sites for hydroxylation is 1. The fourth-order valence-electron chi connectivity index (χ4n) is 3.42. The molecule has 0 saturated heterocycles. The molecule has 0 spiro atoms. The number of ether oxygens (including phenoxy) is 2. The summed E-state index contributed by atoms with van der Waals surface area (Å²) in [6.45, 7) is 5.61. The number of methoxy groups -OCH3 is 2. The predicted octanol–water partition coefficient (Wildman–Crippen LogP) is 4.97. The van der Waals surface area contributed by atoms with Crippen LogP contribution in [-0.2, 0) is 14.8 Å². The van der Waals surface area contributed by atoms with E-state index in [2.05, 4.69) is 19.2 Å². The number of rotatable bonds is 9. The van der Waals surface area contributed by atoms with E-state index in [1.165, 1.54) is 14.2 Å². The number of anilines is 2. The Morgan fingerprint density at radius 1 is 0.912 bits per heavy atom. The van der Waals surface area contributed by atoms with E-state index in [1.807, 2.05) is 19.1 Å². The van der Waals surface area contributed by atoms with E-state index < -0.39 is 22.5 Å². The van der Waals surface area contributed by atoms with Gasteiger partial charge in [-0.2, -0.15) is 0 Å². The normalized spacial score (nSPS) is 11.2. The quantitative estimate of drug-likeness (QED) is 0.465. The summed E-state index contributed by atoms with van der Waals surface area (Å²) in [6.07, 6.45) is 0. The molecule has 0 aromatic heterocycles. The van der Waals surface area contributed by atoms with Crippen LogP contribution in [0, 0.1) is 6.92 Å². The SMILES string of the molecule is COc1ccc(NC(=O)CN(c2ccc(C(C)C)cc2)S(=O)(=O)c2ccc(C)cc2)cc1OC. The molecule has 0 unspecified atom stereocenters. The van der Waals surface area contributed by atoms with Crippen LogP contribution < -0.4 is 19.1 Å². The van der Waals surface area contributed by atoms with Crippen molar-refractivity contribution in [1.82, 2.24) is 0 Å². The summed E-state index contributed by atoms with van der Waals surface area (Å²) in [6, 6.07) is 18.7. The Hall–Kier alpha value is -3.52. The molecule has 3 aromatic carbocycles. The Labute approximate surface area is 201 Å². The van der Waals surface area contributed by atoms with Crippen LogP contribution in [0.1, 0.15) is 30.9 Å². The summed E-state index contributed by atoms with van der Waals surface area (Å²) in [5.41, 5.74) is 2.89. The van der Waals surface area contributed by atoms with Crippen LogP contribution in [0.5, 0.6) is 11.5 Å². The van der Waals surface area contributed by atoms with Crippen LogP contribution in [0.15, 0.2) is 71.6 Å². The van der Waals surface area contributed by atoms with Gasteiger partial charge in [0.05, 0.1) is 24.8 Å². The third-order valence-corrected chi connectivity index (χ3v) is 7.20. The number of amides is 1. The minimum atomic E-state index is -3.99. The molecule has 0 radical (unpaired) electrons. The maximum absolute atomic E-state index is 13.5. The number of carbonyl (C=O) groups is 1. The molecule has 0 aliphatic rings. The van der Waals surface area contributed by atoms with Crippen molar-refractivity contribution in [2.45, 2.75) is 31.6 Å². The number of carbonyl (C=O) groups excluding carboxylic acids is 1. The van der Waals surface area contributed by atoms with Gasteiger partial charge in [-0.3, -0.25) is 9.10 Å².